The Kier molecular flexibility index (Phi) is 5.12. The molecule has 0 atom stereocenters. The Morgan fingerprint density at radius 1 is 1.00 bits per heavy atom. The van der Waals surface area contributed by atoms with Crippen molar-refractivity contribution in [2.45, 2.75) is 25.7 Å². The summed E-state index contributed by atoms with van der Waals surface area (Å²) in [5.74, 6) is -0.932. The second-order valence-corrected chi connectivity index (χ2v) is 7.12. The van der Waals surface area contributed by atoms with Crippen LogP contribution in [0, 0.1) is 0 Å². The Balaban J connectivity index is 1.40. The van der Waals surface area contributed by atoms with Crippen LogP contribution in [-0.2, 0) is 20.7 Å². The lowest BCUT2D eigenvalue weighted by Gasteiger charge is -2.17. The van der Waals surface area contributed by atoms with Crippen LogP contribution >= 0.6 is 0 Å². The summed E-state index contributed by atoms with van der Waals surface area (Å²) in [6, 6.07) is 11.7. The van der Waals surface area contributed by atoms with Crippen LogP contribution in [0.3, 0.4) is 0 Å². The minimum Gasteiger partial charge on any atom is -0.454 e. The molecule has 0 spiro atoms. The number of nitrogens with one attached hydrogen (secondary N) is 1. The summed E-state index contributed by atoms with van der Waals surface area (Å²) in [5.41, 5.74) is 2.99. The molecule has 0 saturated carbocycles. The number of carbonyl (C=O) groups is 4. The van der Waals surface area contributed by atoms with E-state index in [-0.39, 0.29) is 24.2 Å². The van der Waals surface area contributed by atoms with Gasteiger partial charge in [-0.05, 0) is 54.8 Å². The molecule has 7 nitrogen and oxygen atoms in total. The number of fused-ring (bicyclic) bond motifs is 1. The Bertz CT molecular complexity index is 1010. The lowest BCUT2D eigenvalue weighted by atomic mass is 9.99. The highest BCUT2D eigenvalue weighted by molar-refractivity contribution is 6.01. The van der Waals surface area contributed by atoms with Crippen molar-refractivity contribution < 1.29 is 23.9 Å². The highest BCUT2D eigenvalue weighted by Gasteiger charge is 2.23. The molecule has 2 aromatic rings. The molecule has 1 N–H and O–H groups in total. The number of Topliss-reactive ketones (excluding diaryl/α,β-unsaturated/α-hetero) is 1. The van der Waals surface area contributed by atoms with E-state index in [1.807, 2.05) is 0 Å². The van der Waals surface area contributed by atoms with Gasteiger partial charge in [0.2, 0.25) is 11.8 Å². The maximum absolute atomic E-state index is 12.4. The number of benzene rings is 2. The van der Waals surface area contributed by atoms with Gasteiger partial charge < -0.3 is 15.0 Å². The molecule has 4 rings (SSSR count). The van der Waals surface area contributed by atoms with E-state index in [0.29, 0.717) is 48.3 Å². The second-order valence-electron chi connectivity index (χ2n) is 7.12. The van der Waals surface area contributed by atoms with Gasteiger partial charge in [0.15, 0.2) is 12.4 Å². The van der Waals surface area contributed by atoms with E-state index >= 15 is 0 Å². The number of anilines is 2. The van der Waals surface area contributed by atoms with Crippen LogP contribution in [0.25, 0.3) is 0 Å². The number of aryl methyl sites for hydroxylation is 1. The maximum atomic E-state index is 12.4. The van der Waals surface area contributed by atoms with Gasteiger partial charge in [0, 0.05) is 36.3 Å². The molecule has 7 heteroatoms. The van der Waals surface area contributed by atoms with Crippen LogP contribution in [0.2, 0.25) is 0 Å². The molecular weight excluding hydrogens is 372 g/mol. The summed E-state index contributed by atoms with van der Waals surface area (Å²) in [4.78, 5) is 49.8. The highest BCUT2D eigenvalue weighted by Crippen LogP contribution is 2.24. The molecule has 148 valence electrons. The molecule has 29 heavy (non-hydrogen) atoms. The zero-order chi connectivity index (χ0) is 20.4. The van der Waals surface area contributed by atoms with Crippen molar-refractivity contribution in [2.24, 2.45) is 0 Å². The van der Waals surface area contributed by atoms with Crippen molar-refractivity contribution >= 4 is 34.9 Å². The third-order valence-electron chi connectivity index (χ3n) is 5.12. The highest BCUT2D eigenvalue weighted by atomic mass is 16.5. The zero-order valence-electron chi connectivity index (χ0n) is 15.8. The van der Waals surface area contributed by atoms with E-state index in [9.17, 15) is 19.2 Å². The number of ketones is 1. The second kappa shape index (κ2) is 7.87. The predicted octanol–water partition coefficient (Wildman–Crippen LogP) is 2.74. The number of nitrogens with zero attached hydrogens (tertiary/aromatic N) is 1. The first-order chi connectivity index (χ1) is 14.0. The first-order valence-electron chi connectivity index (χ1n) is 9.55. The van der Waals surface area contributed by atoms with Crippen molar-refractivity contribution in [3.8, 4) is 0 Å². The van der Waals surface area contributed by atoms with Crippen LogP contribution < -0.4 is 10.2 Å². The van der Waals surface area contributed by atoms with E-state index in [4.69, 9.17) is 4.74 Å². The van der Waals surface area contributed by atoms with Crippen LogP contribution in [0.4, 0.5) is 11.4 Å². The van der Waals surface area contributed by atoms with Gasteiger partial charge in [-0.1, -0.05) is 6.07 Å². The lowest BCUT2D eigenvalue weighted by Crippen LogP contribution is -2.24. The van der Waals surface area contributed by atoms with Crippen molar-refractivity contribution in [3.63, 3.8) is 0 Å². The van der Waals surface area contributed by atoms with Crippen LogP contribution in [-0.4, -0.2) is 36.7 Å². The van der Waals surface area contributed by atoms with Gasteiger partial charge >= 0.3 is 5.97 Å². The number of rotatable bonds is 5. The van der Waals surface area contributed by atoms with Crippen LogP contribution in [0.15, 0.2) is 42.5 Å². The van der Waals surface area contributed by atoms with Gasteiger partial charge in [-0.3, -0.25) is 14.4 Å². The molecule has 0 aliphatic carbocycles. The summed E-state index contributed by atoms with van der Waals surface area (Å²) in [6.45, 7) is 0.255. The van der Waals surface area contributed by atoms with Crippen molar-refractivity contribution in [1.29, 1.82) is 0 Å². The zero-order valence-corrected chi connectivity index (χ0v) is 15.8. The van der Waals surface area contributed by atoms with Crippen molar-refractivity contribution in [3.05, 3.63) is 59.2 Å². The molecule has 2 aliphatic heterocycles. The summed E-state index contributed by atoms with van der Waals surface area (Å²) in [5, 5.41) is 2.77. The van der Waals surface area contributed by atoms with Gasteiger partial charge in [0.1, 0.15) is 0 Å². The minimum absolute atomic E-state index is 0.0364. The van der Waals surface area contributed by atoms with E-state index < -0.39 is 5.97 Å². The van der Waals surface area contributed by atoms with Gasteiger partial charge in [-0.25, -0.2) is 4.79 Å². The molecule has 1 saturated heterocycles. The summed E-state index contributed by atoms with van der Waals surface area (Å²) >= 11 is 0. The number of ether oxygens (including phenoxy) is 1. The third kappa shape index (κ3) is 4.03. The molecule has 2 aliphatic rings. The average molecular weight is 392 g/mol. The van der Waals surface area contributed by atoms with Crippen LogP contribution in [0.5, 0.6) is 0 Å². The Hall–Kier alpha value is -3.48. The fraction of sp³-hybridized carbons (Fsp3) is 0.273. The van der Waals surface area contributed by atoms with Gasteiger partial charge in [-0.2, -0.15) is 0 Å². The average Bonchev–Trinajstić information content (AvgIpc) is 3.17. The molecule has 0 aromatic heterocycles. The maximum Gasteiger partial charge on any atom is 0.338 e. The first kappa shape index (κ1) is 18.9. The standard InChI is InChI=1S/C22H20N2O5/c25-19(15-6-8-18-14(11-15)7-9-20(26)23-18)13-29-22(28)16-3-1-4-17(12-16)24-10-2-5-21(24)27/h1,3-4,6,8,11-12H,2,5,7,9-10,13H2,(H,23,26). The molecule has 0 bridgehead atoms. The Morgan fingerprint density at radius 2 is 1.86 bits per heavy atom. The fourth-order valence-electron chi connectivity index (χ4n) is 3.58. The van der Waals surface area contributed by atoms with Gasteiger partial charge in [0.25, 0.3) is 0 Å². The SMILES string of the molecule is O=C1CCc2cc(C(=O)COC(=O)c3cccc(N4CCCC4=O)c3)ccc2N1. The number of esters is 1. The number of carbonyl (C=O) groups excluding carboxylic acids is 4. The van der Waals surface area contributed by atoms with Crippen molar-refractivity contribution in [2.75, 3.05) is 23.4 Å². The molecule has 0 radical (unpaired) electrons. The normalized spacial score (nSPS) is 15.7. The summed E-state index contributed by atoms with van der Waals surface area (Å²) < 4.78 is 5.19. The lowest BCUT2D eigenvalue weighted by molar-refractivity contribution is -0.117. The molecule has 0 unspecified atom stereocenters. The smallest absolute Gasteiger partial charge is 0.338 e. The first-order valence-corrected chi connectivity index (χ1v) is 9.55. The monoisotopic (exact) mass is 392 g/mol. The molecule has 2 amide bonds. The van der Waals surface area contributed by atoms with E-state index in [1.54, 1.807) is 47.4 Å². The predicted molar refractivity (Wildman–Crippen MR) is 106 cm³/mol. The largest absolute Gasteiger partial charge is 0.454 e. The Morgan fingerprint density at radius 3 is 2.66 bits per heavy atom. The number of hydrogen-bond donors (Lipinski definition) is 1. The quantitative estimate of drug-likeness (QED) is 0.624. The third-order valence-corrected chi connectivity index (χ3v) is 5.12. The van der Waals surface area contributed by atoms with E-state index in [0.717, 1.165) is 12.0 Å². The van der Waals surface area contributed by atoms with Gasteiger partial charge in [0.05, 0.1) is 5.56 Å². The minimum atomic E-state index is -0.614. The van der Waals surface area contributed by atoms with Gasteiger partial charge in [-0.15, -0.1) is 0 Å². The summed E-state index contributed by atoms with van der Waals surface area (Å²) in [7, 11) is 0. The van der Waals surface area contributed by atoms with Crippen LogP contribution in [0.1, 0.15) is 45.5 Å². The Labute approximate surface area is 167 Å². The van der Waals surface area contributed by atoms with E-state index in [1.165, 1.54) is 0 Å². The topological polar surface area (TPSA) is 92.8 Å². The van der Waals surface area contributed by atoms with E-state index in [2.05, 4.69) is 5.32 Å². The molecule has 2 heterocycles. The molecule has 1 fully saturated rings. The van der Waals surface area contributed by atoms with Crippen molar-refractivity contribution in [1.82, 2.24) is 0 Å². The molecular formula is C22H20N2O5. The fourth-order valence-corrected chi connectivity index (χ4v) is 3.58. The summed E-state index contributed by atoms with van der Waals surface area (Å²) in [6.07, 6.45) is 2.26. The molecule has 2 aromatic carbocycles. The number of hydrogen-bond acceptors (Lipinski definition) is 5. The number of amides is 2.